The van der Waals surface area contributed by atoms with Crippen LogP contribution < -0.4 is 4.90 Å². The Morgan fingerprint density at radius 1 is 1.00 bits per heavy atom. The Labute approximate surface area is 116 Å². The van der Waals surface area contributed by atoms with Gasteiger partial charge in [-0.2, -0.15) is 0 Å². The standard InChI is InChI=1S/C15H12ClNO2/c1-11(18)17(14-9-5-8-13(16)10-14)15(19)12-6-3-2-4-7-12/h2-10H,1H3. The van der Waals surface area contributed by atoms with Gasteiger partial charge >= 0.3 is 0 Å². The van der Waals surface area contributed by atoms with Crippen LogP contribution in [0.15, 0.2) is 54.6 Å². The minimum absolute atomic E-state index is 0.351. The minimum Gasteiger partial charge on any atom is -0.274 e. The molecular weight excluding hydrogens is 262 g/mol. The Morgan fingerprint density at radius 3 is 2.26 bits per heavy atom. The number of benzene rings is 2. The Morgan fingerprint density at radius 2 is 1.68 bits per heavy atom. The van der Waals surface area contributed by atoms with E-state index in [2.05, 4.69) is 0 Å². The van der Waals surface area contributed by atoms with Gasteiger partial charge in [0.15, 0.2) is 0 Å². The van der Waals surface area contributed by atoms with Crippen molar-refractivity contribution in [3.05, 3.63) is 65.2 Å². The molecule has 0 aromatic heterocycles. The van der Waals surface area contributed by atoms with Gasteiger partial charge < -0.3 is 0 Å². The molecule has 0 fully saturated rings. The van der Waals surface area contributed by atoms with Gasteiger partial charge in [0.05, 0.1) is 5.69 Å². The summed E-state index contributed by atoms with van der Waals surface area (Å²) in [5.74, 6) is -0.716. The van der Waals surface area contributed by atoms with Gasteiger partial charge in [0.1, 0.15) is 0 Å². The van der Waals surface area contributed by atoms with Crippen LogP contribution in [0.25, 0.3) is 0 Å². The number of nitrogens with zero attached hydrogens (tertiary/aromatic N) is 1. The molecule has 2 aromatic rings. The molecule has 96 valence electrons. The fourth-order valence-corrected chi connectivity index (χ4v) is 1.95. The van der Waals surface area contributed by atoms with Crippen LogP contribution in [0.5, 0.6) is 0 Å². The zero-order chi connectivity index (χ0) is 13.8. The highest BCUT2D eigenvalue weighted by atomic mass is 35.5. The summed E-state index contributed by atoms with van der Waals surface area (Å²) in [5, 5.41) is 0.476. The third-order valence-corrected chi connectivity index (χ3v) is 2.84. The van der Waals surface area contributed by atoms with Crippen molar-refractivity contribution in [2.75, 3.05) is 4.90 Å². The van der Waals surface area contributed by atoms with E-state index in [1.165, 1.54) is 6.92 Å². The molecule has 0 saturated heterocycles. The summed E-state index contributed by atoms with van der Waals surface area (Å²) < 4.78 is 0. The fraction of sp³-hybridized carbons (Fsp3) is 0.0667. The summed E-state index contributed by atoms with van der Waals surface area (Å²) in [6, 6.07) is 15.3. The first-order valence-electron chi connectivity index (χ1n) is 5.75. The predicted molar refractivity (Wildman–Crippen MR) is 75.4 cm³/mol. The lowest BCUT2D eigenvalue weighted by molar-refractivity contribution is -0.115. The smallest absolute Gasteiger partial charge is 0.265 e. The van der Waals surface area contributed by atoms with E-state index in [-0.39, 0.29) is 11.8 Å². The molecule has 2 aromatic carbocycles. The molecule has 0 aliphatic rings. The van der Waals surface area contributed by atoms with E-state index in [4.69, 9.17) is 11.6 Å². The highest BCUT2D eigenvalue weighted by Gasteiger charge is 2.21. The lowest BCUT2D eigenvalue weighted by Crippen LogP contribution is -2.35. The zero-order valence-corrected chi connectivity index (χ0v) is 11.1. The van der Waals surface area contributed by atoms with Gasteiger partial charge in [0.25, 0.3) is 5.91 Å². The molecule has 3 nitrogen and oxygen atoms in total. The number of anilines is 1. The second-order valence-electron chi connectivity index (χ2n) is 4.01. The number of carbonyl (C=O) groups excluding carboxylic acids is 2. The molecule has 0 heterocycles. The molecule has 19 heavy (non-hydrogen) atoms. The number of hydrogen-bond acceptors (Lipinski definition) is 2. The molecule has 0 bridgehead atoms. The van der Waals surface area contributed by atoms with Crippen molar-refractivity contribution in [1.82, 2.24) is 0 Å². The average molecular weight is 274 g/mol. The van der Waals surface area contributed by atoms with E-state index in [1.54, 1.807) is 48.5 Å². The average Bonchev–Trinajstić information content (AvgIpc) is 2.39. The second-order valence-corrected chi connectivity index (χ2v) is 4.44. The molecular formula is C15H12ClNO2. The lowest BCUT2D eigenvalue weighted by atomic mass is 10.2. The van der Waals surface area contributed by atoms with Gasteiger partial charge in [-0.3, -0.25) is 9.59 Å². The maximum atomic E-state index is 12.4. The Balaban J connectivity index is 2.42. The molecule has 0 spiro atoms. The highest BCUT2D eigenvalue weighted by Crippen LogP contribution is 2.21. The molecule has 4 heteroatoms. The van der Waals surface area contributed by atoms with E-state index >= 15 is 0 Å². The van der Waals surface area contributed by atoms with E-state index < -0.39 is 0 Å². The largest absolute Gasteiger partial charge is 0.274 e. The molecule has 0 aliphatic carbocycles. The molecule has 2 amide bonds. The normalized spacial score (nSPS) is 10.0. The first-order valence-corrected chi connectivity index (χ1v) is 6.13. The highest BCUT2D eigenvalue weighted by molar-refractivity contribution is 6.31. The van der Waals surface area contributed by atoms with E-state index in [0.717, 1.165) is 4.90 Å². The number of halogens is 1. The Bertz CT molecular complexity index is 611. The van der Waals surface area contributed by atoms with Crippen molar-refractivity contribution in [2.24, 2.45) is 0 Å². The van der Waals surface area contributed by atoms with Crippen molar-refractivity contribution < 1.29 is 9.59 Å². The second kappa shape index (κ2) is 5.67. The van der Waals surface area contributed by atoms with Gasteiger partial charge in [-0.15, -0.1) is 0 Å². The summed E-state index contributed by atoms with van der Waals surface area (Å²) in [5.41, 5.74) is 0.923. The summed E-state index contributed by atoms with van der Waals surface area (Å²) in [6.07, 6.45) is 0. The topological polar surface area (TPSA) is 37.4 Å². The van der Waals surface area contributed by atoms with Gasteiger partial charge in [0, 0.05) is 17.5 Å². The van der Waals surface area contributed by atoms with Crippen LogP contribution in [0.1, 0.15) is 17.3 Å². The number of rotatable bonds is 2. The first-order chi connectivity index (χ1) is 9.09. The van der Waals surface area contributed by atoms with Crippen molar-refractivity contribution in [2.45, 2.75) is 6.92 Å². The zero-order valence-electron chi connectivity index (χ0n) is 10.3. The van der Waals surface area contributed by atoms with E-state index in [0.29, 0.717) is 16.3 Å². The van der Waals surface area contributed by atoms with Crippen LogP contribution >= 0.6 is 11.6 Å². The third-order valence-electron chi connectivity index (χ3n) is 2.61. The van der Waals surface area contributed by atoms with Gasteiger partial charge in [-0.1, -0.05) is 35.9 Å². The van der Waals surface area contributed by atoms with Crippen LogP contribution in [0.2, 0.25) is 5.02 Å². The summed E-state index contributed by atoms with van der Waals surface area (Å²) in [7, 11) is 0. The van der Waals surface area contributed by atoms with Crippen LogP contribution in [0.4, 0.5) is 5.69 Å². The Kier molecular flexibility index (Phi) is 3.97. The number of carbonyl (C=O) groups is 2. The molecule has 0 atom stereocenters. The maximum Gasteiger partial charge on any atom is 0.265 e. The molecule has 2 rings (SSSR count). The third kappa shape index (κ3) is 3.01. The number of imide groups is 1. The lowest BCUT2D eigenvalue weighted by Gasteiger charge is -2.19. The van der Waals surface area contributed by atoms with Gasteiger partial charge in [0.2, 0.25) is 5.91 Å². The quantitative estimate of drug-likeness (QED) is 0.839. The molecule has 0 N–H and O–H groups in total. The Hall–Kier alpha value is -2.13. The number of amides is 2. The summed E-state index contributed by atoms with van der Waals surface area (Å²) in [6.45, 7) is 1.35. The van der Waals surface area contributed by atoms with Crippen molar-refractivity contribution >= 4 is 29.1 Å². The summed E-state index contributed by atoms with van der Waals surface area (Å²) in [4.78, 5) is 25.2. The molecule has 0 aliphatic heterocycles. The van der Waals surface area contributed by atoms with Crippen molar-refractivity contribution in [1.29, 1.82) is 0 Å². The van der Waals surface area contributed by atoms with Gasteiger partial charge in [-0.05, 0) is 30.3 Å². The van der Waals surface area contributed by atoms with Crippen molar-refractivity contribution in [3.63, 3.8) is 0 Å². The van der Waals surface area contributed by atoms with Gasteiger partial charge in [-0.25, -0.2) is 4.90 Å². The van der Waals surface area contributed by atoms with Crippen LogP contribution in [0.3, 0.4) is 0 Å². The first kappa shape index (κ1) is 13.3. The van der Waals surface area contributed by atoms with E-state index in [1.807, 2.05) is 6.07 Å². The van der Waals surface area contributed by atoms with Crippen LogP contribution in [-0.2, 0) is 4.79 Å². The maximum absolute atomic E-state index is 12.4. The minimum atomic E-state index is -0.365. The molecule has 0 saturated carbocycles. The molecule has 0 radical (unpaired) electrons. The van der Waals surface area contributed by atoms with E-state index in [9.17, 15) is 9.59 Å². The fourth-order valence-electron chi connectivity index (χ4n) is 1.77. The predicted octanol–water partition coefficient (Wildman–Crippen LogP) is 3.53. The SMILES string of the molecule is CC(=O)N(C(=O)c1ccccc1)c1cccc(Cl)c1. The summed E-state index contributed by atoms with van der Waals surface area (Å²) >= 11 is 5.90. The number of hydrogen-bond donors (Lipinski definition) is 0. The molecule has 0 unspecified atom stereocenters. The monoisotopic (exact) mass is 273 g/mol. The van der Waals surface area contributed by atoms with Crippen LogP contribution in [0, 0.1) is 0 Å². The van der Waals surface area contributed by atoms with Crippen LogP contribution in [-0.4, -0.2) is 11.8 Å². The van der Waals surface area contributed by atoms with Crippen molar-refractivity contribution in [3.8, 4) is 0 Å².